The first-order valence-corrected chi connectivity index (χ1v) is 1.59. The maximum Gasteiger partial charge on any atom is 0.192 e. The number of rotatable bonds is 0. The highest BCUT2D eigenvalue weighted by Gasteiger charge is 1.86. The lowest BCUT2D eigenvalue weighted by Gasteiger charge is -2.02. The van der Waals surface area contributed by atoms with Gasteiger partial charge in [0.1, 0.15) is 12.5 Å². The van der Waals surface area contributed by atoms with Gasteiger partial charge in [0.25, 0.3) is 0 Å². The summed E-state index contributed by atoms with van der Waals surface area (Å²) in [7, 11) is 0. The monoisotopic (exact) mass is 86.0 g/mol. The van der Waals surface area contributed by atoms with Crippen molar-refractivity contribution in [2.45, 2.75) is 0 Å². The second-order valence-electron chi connectivity index (χ2n) is 0.802. The van der Waals surface area contributed by atoms with Crippen LogP contribution in [0.2, 0.25) is 0 Å². The standard InChI is InChI=1S/C3H4NO2/c1-2-6-4-3-5-1/h1-2H,3H2. The molecule has 0 unspecified atom stereocenters. The van der Waals surface area contributed by atoms with E-state index in [1.54, 1.807) is 0 Å². The Morgan fingerprint density at radius 2 is 2.50 bits per heavy atom. The zero-order valence-electron chi connectivity index (χ0n) is 3.13. The molecule has 1 rings (SSSR count). The predicted octanol–water partition coefficient (Wildman–Crippen LogP) is -0.0187. The van der Waals surface area contributed by atoms with Crippen LogP contribution in [0.5, 0.6) is 0 Å². The second kappa shape index (κ2) is 1.67. The fourth-order valence-electron chi connectivity index (χ4n) is 0.211. The predicted molar refractivity (Wildman–Crippen MR) is 18.3 cm³/mol. The van der Waals surface area contributed by atoms with Crippen LogP contribution < -0.4 is 5.48 Å². The molecule has 6 heavy (non-hydrogen) atoms. The Balaban J connectivity index is 2.26. The molecule has 1 aliphatic heterocycles. The van der Waals surface area contributed by atoms with E-state index in [0.717, 1.165) is 0 Å². The SMILES string of the molecule is C1=CO[N]CO1. The van der Waals surface area contributed by atoms with Gasteiger partial charge in [0.15, 0.2) is 6.73 Å². The molecule has 1 radical (unpaired) electrons. The van der Waals surface area contributed by atoms with E-state index in [0.29, 0.717) is 6.73 Å². The number of hydrogen-bond donors (Lipinski definition) is 0. The quantitative estimate of drug-likeness (QED) is 0.415. The minimum Gasteiger partial charge on any atom is -0.478 e. The molecule has 33 valence electrons. The summed E-state index contributed by atoms with van der Waals surface area (Å²) in [6, 6.07) is 0. The first-order chi connectivity index (χ1) is 3.00. The van der Waals surface area contributed by atoms with Gasteiger partial charge in [0, 0.05) is 0 Å². The van der Waals surface area contributed by atoms with Crippen molar-refractivity contribution in [2.75, 3.05) is 6.73 Å². The van der Waals surface area contributed by atoms with Crippen molar-refractivity contribution in [3.63, 3.8) is 0 Å². The number of ether oxygens (including phenoxy) is 1. The van der Waals surface area contributed by atoms with Gasteiger partial charge in [0.05, 0.1) is 0 Å². The minimum atomic E-state index is 0.316. The molecule has 0 aromatic heterocycles. The van der Waals surface area contributed by atoms with Gasteiger partial charge in [-0.25, -0.2) is 0 Å². The van der Waals surface area contributed by atoms with Crippen molar-refractivity contribution in [3.05, 3.63) is 12.5 Å². The van der Waals surface area contributed by atoms with Gasteiger partial charge in [-0.1, -0.05) is 0 Å². The molecule has 1 heterocycles. The van der Waals surface area contributed by atoms with Gasteiger partial charge in [0.2, 0.25) is 0 Å². The average molecular weight is 86.1 g/mol. The molecule has 0 spiro atoms. The van der Waals surface area contributed by atoms with E-state index in [2.05, 4.69) is 15.1 Å². The van der Waals surface area contributed by atoms with Crippen molar-refractivity contribution in [2.24, 2.45) is 0 Å². The van der Waals surface area contributed by atoms with Crippen LogP contribution in [0.3, 0.4) is 0 Å². The Labute approximate surface area is 35.5 Å². The molecule has 0 N–H and O–H groups in total. The summed E-state index contributed by atoms with van der Waals surface area (Å²) in [6.45, 7) is 0.316. The molecule has 0 aromatic rings. The lowest BCUT2D eigenvalue weighted by molar-refractivity contribution is 0.00966. The van der Waals surface area contributed by atoms with Crippen LogP contribution in [0.25, 0.3) is 0 Å². The van der Waals surface area contributed by atoms with E-state index < -0.39 is 0 Å². The summed E-state index contributed by atoms with van der Waals surface area (Å²) in [6.07, 6.45) is 2.83. The number of nitrogens with zero attached hydrogens (tertiary/aromatic N) is 1. The Morgan fingerprint density at radius 1 is 1.50 bits per heavy atom. The maximum atomic E-state index is 4.60. The summed E-state index contributed by atoms with van der Waals surface area (Å²) in [4.78, 5) is 4.39. The van der Waals surface area contributed by atoms with Gasteiger partial charge in [-0.05, 0) is 5.48 Å². The van der Waals surface area contributed by atoms with E-state index in [1.807, 2.05) is 0 Å². The fourth-order valence-corrected chi connectivity index (χ4v) is 0.211. The van der Waals surface area contributed by atoms with Gasteiger partial charge >= 0.3 is 0 Å². The Hall–Kier alpha value is -0.700. The van der Waals surface area contributed by atoms with Crippen LogP contribution in [-0.2, 0) is 9.57 Å². The molecular weight excluding hydrogens is 82.0 g/mol. The zero-order valence-corrected chi connectivity index (χ0v) is 3.13. The molecule has 0 aromatic carbocycles. The summed E-state index contributed by atoms with van der Waals surface area (Å²) in [5.74, 6) is 0. The molecule has 0 bridgehead atoms. The van der Waals surface area contributed by atoms with Gasteiger partial charge in [-0.15, -0.1) is 0 Å². The Kier molecular flexibility index (Phi) is 0.969. The fraction of sp³-hybridized carbons (Fsp3) is 0.333. The molecule has 0 fully saturated rings. The average Bonchev–Trinajstić information content (AvgIpc) is 1.72. The lowest BCUT2D eigenvalue weighted by Crippen LogP contribution is -2.08. The lowest BCUT2D eigenvalue weighted by atomic mass is 11.0. The Morgan fingerprint density at radius 3 is 2.67 bits per heavy atom. The highest BCUT2D eigenvalue weighted by molar-refractivity contribution is 4.60. The summed E-state index contributed by atoms with van der Waals surface area (Å²) < 4.78 is 4.60. The second-order valence-corrected chi connectivity index (χ2v) is 0.802. The minimum absolute atomic E-state index is 0.316. The number of hydrogen-bond acceptors (Lipinski definition) is 2. The molecule has 1 aliphatic rings. The molecule has 0 aliphatic carbocycles. The molecule has 0 amide bonds. The van der Waals surface area contributed by atoms with Gasteiger partial charge in [-0.2, -0.15) is 0 Å². The van der Waals surface area contributed by atoms with Crippen molar-refractivity contribution in [1.29, 1.82) is 0 Å². The topological polar surface area (TPSA) is 32.6 Å². The third-order valence-electron chi connectivity index (χ3n) is 0.414. The van der Waals surface area contributed by atoms with Crippen molar-refractivity contribution < 1.29 is 9.57 Å². The molecule has 0 saturated carbocycles. The maximum absolute atomic E-state index is 4.60. The van der Waals surface area contributed by atoms with E-state index >= 15 is 0 Å². The van der Waals surface area contributed by atoms with Crippen molar-refractivity contribution in [3.8, 4) is 0 Å². The largest absolute Gasteiger partial charge is 0.478 e. The van der Waals surface area contributed by atoms with Crippen LogP contribution in [0.15, 0.2) is 12.5 Å². The third-order valence-corrected chi connectivity index (χ3v) is 0.414. The van der Waals surface area contributed by atoms with Crippen LogP contribution in [0.4, 0.5) is 0 Å². The molecule has 3 nitrogen and oxygen atoms in total. The zero-order chi connectivity index (χ0) is 4.24. The summed E-state index contributed by atoms with van der Waals surface area (Å²) in [5.41, 5.74) is 3.37. The molecule has 3 heteroatoms. The van der Waals surface area contributed by atoms with E-state index in [4.69, 9.17) is 0 Å². The first-order valence-electron chi connectivity index (χ1n) is 1.59. The normalized spacial score (nSPS) is 18.7. The molecular formula is C3H4NO2. The van der Waals surface area contributed by atoms with Crippen LogP contribution in [0.1, 0.15) is 0 Å². The highest BCUT2D eigenvalue weighted by atomic mass is 16.7. The van der Waals surface area contributed by atoms with Gasteiger partial charge in [-0.3, -0.25) is 0 Å². The van der Waals surface area contributed by atoms with E-state index in [1.165, 1.54) is 12.5 Å². The van der Waals surface area contributed by atoms with Crippen LogP contribution in [-0.4, -0.2) is 6.73 Å². The molecule has 0 atom stereocenters. The van der Waals surface area contributed by atoms with Crippen molar-refractivity contribution >= 4 is 0 Å². The summed E-state index contributed by atoms with van der Waals surface area (Å²) >= 11 is 0. The van der Waals surface area contributed by atoms with E-state index in [9.17, 15) is 0 Å². The smallest absolute Gasteiger partial charge is 0.192 e. The van der Waals surface area contributed by atoms with E-state index in [-0.39, 0.29) is 0 Å². The van der Waals surface area contributed by atoms with Crippen molar-refractivity contribution in [1.82, 2.24) is 5.48 Å². The number of hydroxylamine groups is 1. The molecule has 0 saturated heterocycles. The van der Waals surface area contributed by atoms with Gasteiger partial charge < -0.3 is 9.57 Å². The Bertz CT molecular complexity index is 53.8. The van der Waals surface area contributed by atoms with Crippen LogP contribution >= 0.6 is 0 Å². The third kappa shape index (κ3) is 0.621. The van der Waals surface area contributed by atoms with Crippen LogP contribution in [0, 0.1) is 0 Å². The summed E-state index contributed by atoms with van der Waals surface area (Å²) in [5, 5.41) is 0. The first kappa shape index (κ1) is 3.49. The highest BCUT2D eigenvalue weighted by Crippen LogP contribution is 1.83.